The molecule has 1 saturated heterocycles. The van der Waals surface area contributed by atoms with Crippen LogP contribution in [-0.4, -0.2) is 79.3 Å². The summed E-state index contributed by atoms with van der Waals surface area (Å²) in [5.74, 6) is 1.47. The molecule has 11 nitrogen and oxygen atoms in total. The van der Waals surface area contributed by atoms with Gasteiger partial charge in [0, 0.05) is 56.7 Å². The standard InChI is InChI=1S/C28H38ClN7O4/c29-23-17-33-26(35-21-6-4-20(5-7-21)31-10-14-40-15-11-32-27(37)38)16-22(23)24-2-1-3-25(36-24)34-19-28(18-30)8-12-39-13-9-28/h1-3,16-17,20-21,31-32H,4-15,19H2,(H,33,35)(H,34,36)(H,37,38). The van der Waals surface area contributed by atoms with Gasteiger partial charge >= 0.3 is 6.09 Å². The minimum absolute atomic E-state index is 0.296. The van der Waals surface area contributed by atoms with Crippen molar-refractivity contribution in [2.45, 2.75) is 50.6 Å². The quantitative estimate of drug-likeness (QED) is 0.222. The number of aromatic nitrogens is 2. The second-order valence-corrected chi connectivity index (χ2v) is 10.7. The van der Waals surface area contributed by atoms with Crippen LogP contribution in [0.4, 0.5) is 16.4 Å². The van der Waals surface area contributed by atoms with Gasteiger partial charge in [-0.05, 0) is 56.7 Å². The van der Waals surface area contributed by atoms with E-state index in [1.165, 1.54) is 0 Å². The van der Waals surface area contributed by atoms with E-state index in [4.69, 9.17) is 31.2 Å². The molecule has 1 aliphatic carbocycles. The Morgan fingerprint density at radius 2 is 1.90 bits per heavy atom. The first-order chi connectivity index (χ1) is 19.5. The molecule has 12 heteroatoms. The van der Waals surface area contributed by atoms with Gasteiger partial charge in [0.1, 0.15) is 11.6 Å². The fourth-order valence-electron chi connectivity index (χ4n) is 5.07. The fourth-order valence-corrected chi connectivity index (χ4v) is 5.27. The van der Waals surface area contributed by atoms with Crippen molar-refractivity contribution in [2.24, 2.45) is 5.41 Å². The molecular weight excluding hydrogens is 534 g/mol. The average Bonchev–Trinajstić information content (AvgIpc) is 2.98. The third-order valence-electron chi connectivity index (χ3n) is 7.46. The number of hydrogen-bond acceptors (Lipinski definition) is 9. The number of carbonyl (C=O) groups is 1. The van der Waals surface area contributed by atoms with Gasteiger partial charge in [-0.15, -0.1) is 0 Å². The molecular formula is C28H38ClN7O4. The van der Waals surface area contributed by atoms with Crippen molar-refractivity contribution in [1.29, 1.82) is 5.26 Å². The van der Waals surface area contributed by atoms with E-state index in [1.807, 2.05) is 24.3 Å². The maximum Gasteiger partial charge on any atom is 0.404 e. The molecule has 1 saturated carbocycles. The summed E-state index contributed by atoms with van der Waals surface area (Å²) in [6.45, 7) is 3.69. The average molecular weight is 572 g/mol. The molecule has 0 aromatic carbocycles. The Hall–Kier alpha value is -3.17. The van der Waals surface area contributed by atoms with Gasteiger partial charge in [-0.25, -0.2) is 14.8 Å². The van der Waals surface area contributed by atoms with Crippen LogP contribution in [0.15, 0.2) is 30.5 Å². The van der Waals surface area contributed by atoms with E-state index in [-0.39, 0.29) is 0 Å². The van der Waals surface area contributed by atoms with Crippen molar-refractivity contribution in [3.8, 4) is 17.3 Å². The van der Waals surface area contributed by atoms with Crippen molar-refractivity contribution < 1.29 is 19.4 Å². The lowest BCUT2D eigenvalue weighted by molar-refractivity contribution is 0.0455. The minimum atomic E-state index is -1.03. The highest BCUT2D eigenvalue weighted by atomic mass is 35.5. The molecule has 4 rings (SSSR count). The molecule has 0 bridgehead atoms. The largest absolute Gasteiger partial charge is 0.465 e. The molecule has 40 heavy (non-hydrogen) atoms. The Labute approximate surface area is 240 Å². The van der Waals surface area contributed by atoms with E-state index in [2.05, 4.69) is 32.3 Å². The zero-order valence-corrected chi connectivity index (χ0v) is 23.4. The van der Waals surface area contributed by atoms with Crippen LogP contribution >= 0.6 is 11.6 Å². The van der Waals surface area contributed by atoms with Crippen LogP contribution < -0.4 is 21.3 Å². The molecule has 3 heterocycles. The highest BCUT2D eigenvalue weighted by Crippen LogP contribution is 2.32. The van der Waals surface area contributed by atoms with Crippen LogP contribution in [-0.2, 0) is 9.47 Å². The Bertz CT molecular complexity index is 1150. The Morgan fingerprint density at radius 3 is 2.65 bits per heavy atom. The second-order valence-electron chi connectivity index (χ2n) is 10.3. The van der Waals surface area contributed by atoms with Crippen LogP contribution in [0.5, 0.6) is 0 Å². The molecule has 0 atom stereocenters. The first-order valence-electron chi connectivity index (χ1n) is 13.9. The van der Waals surface area contributed by atoms with Gasteiger partial charge in [-0.3, -0.25) is 0 Å². The molecule has 2 fully saturated rings. The number of ether oxygens (including phenoxy) is 2. The lowest BCUT2D eigenvalue weighted by atomic mass is 9.82. The van der Waals surface area contributed by atoms with Crippen LogP contribution in [0.25, 0.3) is 11.3 Å². The van der Waals surface area contributed by atoms with Crippen LogP contribution in [0.2, 0.25) is 5.02 Å². The smallest absolute Gasteiger partial charge is 0.404 e. The van der Waals surface area contributed by atoms with E-state index in [0.29, 0.717) is 75.3 Å². The van der Waals surface area contributed by atoms with Crippen LogP contribution in [0, 0.1) is 16.7 Å². The van der Waals surface area contributed by atoms with Gasteiger partial charge < -0.3 is 35.8 Å². The molecule has 1 amide bonds. The molecule has 2 aromatic rings. The third kappa shape index (κ3) is 8.93. The first-order valence-corrected chi connectivity index (χ1v) is 14.2. The highest BCUT2D eigenvalue weighted by molar-refractivity contribution is 6.33. The lowest BCUT2D eigenvalue weighted by Crippen LogP contribution is -2.38. The molecule has 216 valence electrons. The summed E-state index contributed by atoms with van der Waals surface area (Å²) < 4.78 is 10.9. The summed E-state index contributed by atoms with van der Waals surface area (Å²) in [4.78, 5) is 19.7. The monoisotopic (exact) mass is 571 g/mol. The molecule has 0 spiro atoms. The normalized spacial score (nSPS) is 20.3. The first kappa shape index (κ1) is 29.8. The third-order valence-corrected chi connectivity index (χ3v) is 7.76. The molecule has 2 aromatic heterocycles. The second kappa shape index (κ2) is 15.0. The minimum Gasteiger partial charge on any atom is -0.465 e. The Morgan fingerprint density at radius 1 is 1.15 bits per heavy atom. The summed E-state index contributed by atoms with van der Waals surface area (Å²) >= 11 is 6.53. The van der Waals surface area contributed by atoms with Crippen molar-refractivity contribution >= 4 is 29.3 Å². The summed E-state index contributed by atoms with van der Waals surface area (Å²) in [5.41, 5.74) is 1.11. The van der Waals surface area contributed by atoms with E-state index in [1.54, 1.807) is 6.20 Å². The van der Waals surface area contributed by atoms with E-state index in [0.717, 1.165) is 49.3 Å². The van der Waals surface area contributed by atoms with Gasteiger partial charge in [0.15, 0.2) is 0 Å². The zero-order chi connectivity index (χ0) is 28.2. The summed E-state index contributed by atoms with van der Waals surface area (Å²) in [6, 6.07) is 10.9. The number of anilines is 2. The zero-order valence-electron chi connectivity index (χ0n) is 22.6. The molecule has 0 radical (unpaired) electrons. The predicted octanol–water partition coefficient (Wildman–Crippen LogP) is 4.13. The van der Waals surface area contributed by atoms with Crippen LogP contribution in [0.1, 0.15) is 38.5 Å². The Kier molecular flexibility index (Phi) is 11.2. The van der Waals surface area contributed by atoms with Crippen molar-refractivity contribution in [3.05, 3.63) is 35.5 Å². The highest BCUT2D eigenvalue weighted by Gasteiger charge is 2.32. The SMILES string of the molecule is N#CC1(CNc2cccc(-c3cc(NC4CCC(NCCOCCNC(=O)O)CC4)ncc3Cl)n2)CCOCC1. The molecule has 1 aliphatic heterocycles. The van der Waals surface area contributed by atoms with E-state index >= 15 is 0 Å². The number of rotatable bonds is 13. The van der Waals surface area contributed by atoms with Crippen molar-refractivity contribution in [1.82, 2.24) is 20.6 Å². The lowest BCUT2D eigenvalue weighted by Gasteiger charge is -2.30. The summed E-state index contributed by atoms with van der Waals surface area (Å²) in [7, 11) is 0. The van der Waals surface area contributed by atoms with Crippen molar-refractivity contribution in [2.75, 3.05) is 56.7 Å². The van der Waals surface area contributed by atoms with Gasteiger partial charge in [-0.1, -0.05) is 17.7 Å². The van der Waals surface area contributed by atoms with Gasteiger partial charge in [0.25, 0.3) is 0 Å². The van der Waals surface area contributed by atoms with E-state index < -0.39 is 11.5 Å². The summed E-state index contributed by atoms with van der Waals surface area (Å²) in [5, 5.41) is 31.5. The predicted molar refractivity (Wildman–Crippen MR) is 154 cm³/mol. The van der Waals surface area contributed by atoms with Crippen LogP contribution in [0.3, 0.4) is 0 Å². The number of amides is 1. The van der Waals surface area contributed by atoms with Crippen molar-refractivity contribution in [3.63, 3.8) is 0 Å². The maximum absolute atomic E-state index is 10.4. The van der Waals surface area contributed by atoms with Gasteiger partial charge in [0.2, 0.25) is 0 Å². The molecule has 2 aliphatic rings. The maximum atomic E-state index is 10.4. The summed E-state index contributed by atoms with van der Waals surface area (Å²) in [6.07, 6.45) is 6.17. The number of nitriles is 1. The van der Waals surface area contributed by atoms with E-state index in [9.17, 15) is 10.1 Å². The number of nitrogens with zero attached hydrogens (tertiary/aromatic N) is 3. The number of hydrogen-bond donors (Lipinski definition) is 5. The molecule has 5 N–H and O–H groups in total. The van der Waals surface area contributed by atoms with Gasteiger partial charge in [-0.2, -0.15) is 5.26 Å². The Balaban J connectivity index is 1.25. The fraction of sp³-hybridized carbons (Fsp3) is 0.571. The molecule has 0 unspecified atom stereocenters. The number of nitrogens with one attached hydrogen (secondary N) is 4. The number of carboxylic acid groups (broad SMARTS) is 1. The number of pyridine rings is 2. The topological polar surface area (TPSA) is 153 Å². The van der Waals surface area contributed by atoms with Gasteiger partial charge in [0.05, 0.1) is 35.4 Å². The number of halogens is 1.